The molecule has 2 aromatic heterocycles. The van der Waals surface area contributed by atoms with E-state index >= 15 is 0 Å². The Balaban J connectivity index is 1.96. The number of imidazole rings is 1. The van der Waals surface area contributed by atoms with Crippen molar-refractivity contribution in [2.24, 2.45) is 5.92 Å². The fraction of sp³-hybridized carbons (Fsp3) is 0.462. The molecular weight excluding hydrogens is 255 g/mol. The van der Waals surface area contributed by atoms with Crippen molar-refractivity contribution in [3.63, 3.8) is 0 Å². The van der Waals surface area contributed by atoms with Crippen LogP contribution in [0, 0.1) is 5.92 Å². The van der Waals surface area contributed by atoms with Crippen LogP contribution < -0.4 is 5.32 Å². The highest BCUT2D eigenvalue weighted by atomic mass is 19.4. The molecule has 6 heteroatoms. The van der Waals surface area contributed by atoms with Crippen LogP contribution in [0.5, 0.6) is 0 Å². The van der Waals surface area contributed by atoms with Crippen LogP contribution in [0.3, 0.4) is 0 Å². The van der Waals surface area contributed by atoms with Crippen molar-refractivity contribution in [2.45, 2.75) is 19.0 Å². The van der Waals surface area contributed by atoms with Gasteiger partial charge in [-0.3, -0.25) is 0 Å². The number of alkyl halides is 3. The van der Waals surface area contributed by atoms with Crippen LogP contribution in [0.1, 0.15) is 17.7 Å². The average Bonchev–Trinajstić information content (AvgIpc) is 2.95. The highest BCUT2D eigenvalue weighted by molar-refractivity contribution is 5.50. The third kappa shape index (κ3) is 2.45. The standard InChI is InChI=1S/C13H14F3N3/c14-13(15,16)11-2-1-5-19-8-10(18-12(11)19)6-9-3-4-17-7-9/h1-2,5,8-9,17H,3-4,6-7H2. The number of pyridine rings is 1. The molecule has 0 amide bonds. The number of aromatic nitrogens is 2. The van der Waals surface area contributed by atoms with E-state index in [2.05, 4.69) is 10.3 Å². The molecule has 1 aliphatic heterocycles. The van der Waals surface area contributed by atoms with E-state index in [0.29, 0.717) is 5.92 Å². The molecule has 1 unspecified atom stereocenters. The van der Waals surface area contributed by atoms with Gasteiger partial charge in [-0.2, -0.15) is 13.2 Å². The fourth-order valence-electron chi connectivity index (χ4n) is 2.57. The normalized spacial score (nSPS) is 20.3. The maximum absolute atomic E-state index is 12.9. The predicted molar refractivity (Wildman–Crippen MR) is 64.9 cm³/mol. The Morgan fingerprint density at radius 3 is 2.95 bits per heavy atom. The van der Waals surface area contributed by atoms with Crippen LogP contribution in [0.15, 0.2) is 24.5 Å². The number of halogens is 3. The van der Waals surface area contributed by atoms with Gasteiger partial charge in [0.1, 0.15) is 5.65 Å². The third-order valence-electron chi connectivity index (χ3n) is 3.50. The molecule has 0 aromatic carbocycles. The number of rotatable bonds is 2. The zero-order chi connectivity index (χ0) is 13.5. The van der Waals surface area contributed by atoms with Crippen LogP contribution >= 0.6 is 0 Å². The summed E-state index contributed by atoms with van der Waals surface area (Å²) >= 11 is 0. The van der Waals surface area contributed by atoms with Gasteiger partial charge in [0.2, 0.25) is 0 Å². The van der Waals surface area contributed by atoms with Crippen molar-refractivity contribution in [2.75, 3.05) is 13.1 Å². The van der Waals surface area contributed by atoms with Crippen LogP contribution in [-0.2, 0) is 12.6 Å². The van der Waals surface area contributed by atoms with E-state index in [0.717, 1.165) is 37.7 Å². The van der Waals surface area contributed by atoms with Gasteiger partial charge < -0.3 is 9.72 Å². The minimum Gasteiger partial charge on any atom is -0.316 e. The van der Waals surface area contributed by atoms with E-state index in [1.807, 2.05) is 0 Å². The molecule has 0 bridgehead atoms. The lowest BCUT2D eigenvalue weighted by Crippen LogP contribution is -2.10. The van der Waals surface area contributed by atoms with Crippen molar-refractivity contribution in [1.82, 2.24) is 14.7 Å². The van der Waals surface area contributed by atoms with E-state index in [4.69, 9.17) is 0 Å². The van der Waals surface area contributed by atoms with Crippen molar-refractivity contribution >= 4 is 5.65 Å². The maximum atomic E-state index is 12.9. The van der Waals surface area contributed by atoms with Crippen LogP contribution in [-0.4, -0.2) is 22.5 Å². The number of hydrogen-bond acceptors (Lipinski definition) is 2. The number of nitrogens with zero attached hydrogens (tertiary/aromatic N) is 2. The summed E-state index contributed by atoms with van der Waals surface area (Å²) in [6, 6.07) is 2.47. The highest BCUT2D eigenvalue weighted by Gasteiger charge is 2.34. The van der Waals surface area contributed by atoms with E-state index in [1.54, 1.807) is 12.4 Å². The minimum atomic E-state index is -4.36. The Bertz CT molecular complexity index is 582. The molecule has 0 aliphatic carbocycles. The Labute approximate surface area is 108 Å². The Morgan fingerprint density at radius 1 is 1.42 bits per heavy atom. The molecule has 0 saturated carbocycles. The summed E-state index contributed by atoms with van der Waals surface area (Å²) in [4.78, 5) is 4.16. The molecule has 3 nitrogen and oxygen atoms in total. The first-order chi connectivity index (χ1) is 9.04. The lowest BCUT2D eigenvalue weighted by molar-refractivity contribution is -0.136. The van der Waals surface area contributed by atoms with Crippen molar-refractivity contribution in [3.05, 3.63) is 35.8 Å². The fourth-order valence-corrected chi connectivity index (χ4v) is 2.57. The zero-order valence-electron chi connectivity index (χ0n) is 10.2. The van der Waals surface area contributed by atoms with Crippen LogP contribution in [0.4, 0.5) is 13.2 Å². The second-order valence-corrected chi connectivity index (χ2v) is 4.95. The quantitative estimate of drug-likeness (QED) is 0.907. The van der Waals surface area contributed by atoms with Gasteiger partial charge in [0.05, 0.1) is 11.3 Å². The molecule has 1 fully saturated rings. The van der Waals surface area contributed by atoms with Gasteiger partial charge in [0, 0.05) is 12.4 Å². The molecule has 19 heavy (non-hydrogen) atoms. The van der Waals surface area contributed by atoms with Gasteiger partial charge in [0.15, 0.2) is 0 Å². The summed E-state index contributed by atoms with van der Waals surface area (Å²) in [6.07, 6.45) is 0.725. The van der Waals surface area contributed by atoms with Crippen molar-refractivity contribution in [1.29, 1.82) is 0 Å². The van der Waals surface area contributed by atoms with Crippen LogP contribution in [0.25, 0.3) is 5.65 Å². The molecule has 3 rings (SSSR count). The smallest absolute Gasteiger partial charge is 0.316 e. The molecule has 102 valence electrons. The monoisotopic (exact) mass is 269 g/mol. The molecule has 1 aliphatic rings. The topological polar surface area (TPSA) is 29.3 Å². The summed E-state index contributed by atoms with van der Waals surface area (Å²) in [5, 5.41) is 3.25. The molecule has 1 atom stereocenters. The zero-order valence-corrected chi connectivity index (χ0v) is 10.2. The molecule has 1 N–H and O–H groups in total. The highest BCUT2D eigenvalue weighted by Crippen LogP contribution is 2.32. The molecule has 2 aromatic rings. The largest absolute Gasteiger partial charge is 0.419 e. The molecule has 0 radical (unpaired) electrons. The number of nitrogens with one attached hydrogen (secondary N) is 1. The number of hydrogen-bond donors (Lipinski definition) is 1. The molecule has 3 heterocycles. The maximum Gasteiger partial charge on any atom is 0.419 e. The van der Waals surface area contributed by atoms with Gasteiger partial charge in [-0.15, -0.1) is 0 Å². The number of fused-ring (bicyclic) bond motifs is 1. The first kappa shape index (κ1) is 12.5. The third-order valence-corrected chi connectivity index (χ3v) is 3.50. The molecule has 1 saturated heterocycles. The second-order valence-electron chi connectivity index (χ2n) is 4.95. The lowest BCUT2D eigenvalue weighted by Gasteiger charge is -2.06. The van der Waals surface area contributed by atoms with Gasteiger partial charge in [0.25, 0.3) is 0 Å². The van der Waals surface area contributed by atoms with Gasteiger partial charge in [-0.05, 0) is 44.0 Å². The second kappa shape index (κ2) is 4.52. The predicted octanol–water partition coefficient (Wildman–Crippen LogP) is 2.51. The SMILES string of the molecule is FC(F)(F)c1cccn2cc(CC3CCNC3)nc12. The van der Waals surface area contributed by atoms with Gasteiger partial charge in [-0.25, -0.2) is 4.98 Å². The summed E-state index contributed by atoms with van der Waals surface area (Å²) in [6.45, 7) is 1.89. The Morgan fingerprint density at radius 2 is 2.26 bits per heavy atom. The summed E-state index contributed by atoms with van der Waals surface area (Å²) in [7, 11) is 0. The van der Waals surface area contributed by atoms with E-state index < -0.39 is 11.7 Å². The first-order valence-corrected chi connectivity index (χ1v) is 6.28. The average molecular weight is 269 g/mol. The Hall–Kier alpha value is -1.56. The minimum absolute atomic E-state index is 0.00374. The molecule has 0 spiro atoms. The van der Waals surface area contributed by atoms with E-state index in [1.165, 1.54) is 10.5 Å². The molecular formula is C13H14F3N3. The van der Waals surface area contributed by atoms with Gasteiger partial charge >= 0.3 is 6.18 Å². The Kier molecular flexibility index (Phi) is 2.97. The van der Waals surface area contributed by atoms with E-state index in [-0.39, 0.29) is 5.65 Å². The summed E-state index contributed by atoms with van der Waals surface area (Å²) in [5.41, 5.74) is 0.0483. The lowest BCUT2D eigenvalue weighted by atomic mass is 10.0. The van der Waals surface area contributed by atoms with Gasteiger partial charge in [-0.1, -0.05) is 0 Å². The van der Waals surface area contributed by atoms with Crippen molar-refractivity contribution < 1.29 is 13.2 Å². The first-order valence-electron chi connectivity index (χ1n) is 6.28. The van der Waals surface area contributed by atoms with Crippen LogP contribution in [0.2, 0.25) is 0 Å². The summed E-state index contributed by atoms with van der Waals surface area (Å²) < 4.78 is 40.1. The van der Waals surface area contributed by atoms with Crippen molar-refractivity contribution in [3.8, 4) is 0 Å². The van der Waals surface area contributed by atoms with E-state index in [9.17, 15) is 13.2 Å². The summed E-state index contributed by atoms with van der Waals surface area (Å²) in [5.74, 6) is 0.472.